The van der Waals surface area contributed by atoms with Gasteiger partial charge in [-0.05, 0) is 18.2 Å². The van der Waals surface area contributed by atoms with Gasteiger partial charge >= 0.3 is 0 Å². The summed E-state index contributed by atoms with van der Waals surface area (Å²) >= 11 is 3.38. The third-order valence-electron chi connectivity index (χ3n) is 3.69. The summed E-state index contributed by atoms with van der Waals surface area (Å²) in [5, 5.41) is 0.819. The van der Waals surface area contributed by atoms with Gasteiger partial charge in [-0.15, -0.1) is 0 Å². The topological polar surface area (TPSA) is 36.9 Å². The molecule has 2 rings (SSSR count). The molecule has 0 bridgehead atoms. The first-order valence-electron chi connectivity index (χ1n) is 8.21. The molecule has 4 nitrogen and oxygen atoms in total. The van der Waals surface area contributed by atoms with Gasteiger partial charge in [0.05, 0.1) is 28.4 Å². The Morgan fingerprint density at radius 3 is 1.81 bits per heavy atom. The number of hydrogen-bond donors (Lipinski definition) is 0. The smallest absolute Gasteiger partial charge is 0.162 e. The highest BCUT2D eigenvalue weighted by Crippen LogP contribution is 2.30. The van der Waals surface area contributed by atoms with E-state index in [1.807, 2.05) is 30.3 Å². The zero-order valence-electron chi connectivity index (χ0n) is 15.8. The zero-order chi connectivity index (χ0) is 19.6. The summed E-state index contributed by atoms with van der Waals surface area (Å²) in [7, 11) is 6.40. The van der Waals surface area contributed by atoms with Gasteiger partial charge in [0.1, 0.15) is 0 Å². The van der Waals surface area contributed by atoms with Gasteiger partial charge in [-0.25, -0.2) is 0 Å². The Kier molecular flexibility index (Phi) is 7.92. The van der Waals surface area contributed by atoms with Gasteiger partial charge < -0.3 is 18.9 Å². The molecule has 0 saturated heterocycles. The second-order valence-electron chi connectivity index (χ2n) is 5.31. The standard InChI is InChI=1S/C22H21BrO4/c1-24-19-11-9-16(13-20(19)25-2)8-10-18-15-22(27-4)21(26-3)14-17(18)7-5-6-12-23/h9,11,13-15H,6,12H2,1-4H3. The molecule has 0 aromatic heterocycles. The van der Waals surface area contributed by atoms with Crippen molar-refractivity contribution in [3.8, 4) is 46.7 Å². The maximum atomic E-state index is 5.39. The van der Waals surface area contributed by atoms with Crippen LogP contribution in [0.4, 0.5) is 0 Å². The van der Waals surface area contributed by atoms with E-state index in [0.29, 0.717) is 23.0 Å². The van der Waals surface area contributed by atoms with Gasteiger partial charge in [-0.1, -0.05) is 39.6 Å². The van der Waals surface area contributed by atoms with Crippen molar-refractivity contribution in [3.63, 3.8) is 0 Å². The first-order chi connectivity index (χ1) is 13.2. The Morgan fingerprint density at radius 2 is 1.26 bits per heavy atom. The number of hydrogen-bond acceptors (Lipinski definition) is 4. The predicted octanol–water partition coefficient (Wildman–Crippen LogP) is 4.26. The largest absolute Gasteiger partial charge is 0.493 e. The van der Waals surface area contributed by atoms with Crippen molar-refractivity contribution in [3.05, 3.63) is 47.0 Å². The van der Waals surface area contributed by atoms with Crippen LogP contribution < -0.4 is 18.9 Å². The second-order valence-corrected chi connectivity index (χ2v) is 6.11. The highest BCUT2D eigenvalue weighted by molar-refractivity contribution is 9.09. The van der Waals surface area contributed by atoms with E-state index in [-0.39, 0.29) is 0 Å². The average Bonchev–Trinajstić information content (AvgIpc) is 2.72. The number of benzene rings is 2. The molecule has 0 heterocycles. The molecule has 0 spiro atoms. The number of alkyl halides is 1. The fraction of sp³-hybridized carbons (Fsp3) is 0.273. The Bertz CT molecular complexity index is 914. The van der Waals surface area contributed by atoms with Crippen molar-refractivity contribution in [2.24, 2.45) is 0 Å². The van der Waals surface area contributed by atoms with Crippen LogP contribution in [0.15, 0.2) is 30.3 Å². The van der Waals surface area contributed by atoms with Crippen LogP contribution in [0.1, 0.15) is 23.1 Å². The van der Waals surface area contributed by atoms with E-state index >= 15 is 0 Å². The molecule has 0 aliphatic rings. The molecule has 0 atom stereocenters. The lowest BCUT2D eigenvalue weighted by molar-refractivity contribution is 0.355. The number of halogens is 1. The second kappa shape index (κ2) is 10.4. The van der Waals surface area contributed by atoms with E-state index in [9.17, 15) is 0 Å². The van der Waals surface area contributed by atoms with Gasteiger partial charge in [-0.2, -0.15) is 0 Å². The van der Waals surface area contributed by atoms with Gasteiger partial charge in [0.25, 0.3) is 0 Å². The lowest BCUT2D eigenvalue weighted by Gasteiger charge is -2.09. The van der Waals surface area contributed by atoms with Gasteiger partial charge in [0, 0.05) is 40.6 Å². The molecule has 0 aliphatic carbocycles. The monoisotopic (exact) mass is 428 g/mol. The number of ether oxygens (including phenoxy) is 4. The number of rotatable bonds is 5. The molecule has 0 radical (unpaired) electrons. The molecule has 0 saturated carbocycles. The third kappa shape index (κ3) is 5.36. The van der Waals surface area contributed by atoms with Gasteiger partial charge in [-0.3, -0.25) is 0 Å². The first-order valence-corrected chi connectivity index (χ1v) is 9.33. The van der Waals surface area contributed by atoms with Crippen LogP contribution in [-0.2, 0) is 0 Å². The molecule has 0 aliphatic heterocycles. The Labute approximate surface area is 168 Å². The van der Waals surface area contributed by atoms with E-state index in [1.54, 1.807) is 28.4 Å². The summed E-state index contributed by atoms with van der Waals surface area (Å²) in [6.45, 7) is 0. The van der Waals surface area contributed by atoms with Crippen LogP contribution >= 0.6 is 15.9 Å². The SMILES string of the molecule is COc1ccc(C#Cc2cc(OC)c(OC)cc2C#CCCBr)cc1OC. The van der Waals surface area contributed by atoms with Crippen LogP contribution in [0.3, 0.4) is 0 Å². The minimum atomic E-state index is 0.611. The molecular formula is C22H21BrO4. The zero-order valence-corrected chi connectivity index (χ0v) is 17.4. The summed E-state index contributed by atoms with van der Waals surface area (Å²) < 4.78 is 21.4. The fourth-order valence-electron chi connectivity index (χ4n) is 2.34. The Morgan fingerprint density at radius 1 is 0.704 bits per heavy atom. The summed E-state index contributed by atoms with van der Waals surface area (Å²) in [4.78, 5) is 0. The molecule has 2 aromatic carbocycles. The van der Waals surface area contributed by atoms with Crippen LogP contribution in [0.25, 0.3) is 0 Å². The van der Waals surface area contributed by atoms with Crippen LogP contribution in [0, 0.1) is 23.7 Å². The maximum Gasteiger partial charge on any atom is 0.162 e. The average molecular weight is 429 g/mol. The Balaban J connectivity index is 2.49. The van der Waals surface area contributed by atoms with Crippen LogP contribution in [0.5, 0.6) is 23.0 Å². The maximum absolute atomic E-state index is 5.39. The summed E-state index contributed by atoms with van der Waals surface area (Å²) in [6.07, 6.45) is 0.747. The lowest BCUT2D eigenvalue weighted by Crippen LogP contribution is -1.94. The molecule has 0 amide bonds. The Hall–Kier alpha value is -2.76. The van der Waals surface area contributed by atoms with E-state index in [2.05, 4.69) is 39.6 Å². The molecule has 5 heteroatoms. The first kappa shape index (κ1) is 20.6. The van der Waals surface area contributed by atoms with Crippen molar-refractivity contribution in [2.75, 3.05) is 33.8 Å². The molecule has 2 aromatic rings. The minimum Gasteiger partial charge on any atom is -0.493 e. The molecule has 140 valence electrons. The van der Waals surface area contributed by atoms with Crippen molar-refractivity contribution in [1.82, 2.24) is 0 Å². The van der Waals surface area contributed by atoms with E-state index < -0.39 is 0 Å². The van der Waals surface area contributed by atoms with E-state index in [1.165, 1.54) is 0 Å². The predicted molar refractivity (Wildman–Crippen MR) is 110 cm³/mol. The normalized spacial score (nSPS) is 9.37. The van der Waals surface area contributed by atoms with E-state index in [0.717, 1.165) is 28.4 Å². The summed E-state index contributed by atoms with van der Waals surface area (Å²) in [5.41, 5.74) is 2.37. The van der Waals surface area contributed by atoms with E-state index in [4.69, 9.17) is 18.9 Å². The lowest BCUT2D eigenvalue weighted by atomic mass is 10.1. The van der Waals surface area contributed by atoms with Crippen LogP contribution in [0.2, 0.25) is 0 Å². The fourth-order valence-corrected chi connectivity index (χ4v) is 2.54. The molecule has 27 heavy (non-hydrogen) atoms. The van der Waals surface area contributed by atoms with Crippen LogP contribution in [-0.4, -0.2) is 33.8 Å². The van der Waals surface area contributed by atoms with Crippen molar-refractivity contribution >= 4 is 15.9 Å². The van der Waals surface area contributed by atoms with Crippen molar-refractivity contribution < 1.29 is 18.9 Å². The third-order valence-corrected chi connectivity index (χ3v) is 4.09. The highest BCUT2D eigenvalue weighted by atomic mass is 79.9. The van der Waals surface area contributed by atoms with Gasteiger partial charge in [0.2, 0.25) is 0 Å². The quantitative estimate of drug-likeness (QED) is 0.526. The molecule has 0 unspecified atom stereocenters. The molecule has 0 N–H and O–H groups in total. The minimum absolute atomic E-state index is 0.611. The summed E-state index contributed by atoms with van der Waals surface area (Å²) in [6, 6.07) is 9.23. The molecule has 0 fully saturated rings. The van der Waals surface area contributed by atoms with Crippen molar-refractivity contribution in [1.29, 1.82) is 0 Å². The molecular weight excluding hydrogens is 408 g/mol. The highest BCUT2D eigenvalue weighted by Gasteiger charge is 2.09. The van der Waals surface area contributed by atoms with Gasteiger partial charge in [0.15, 0.2) is 23.0 Å². The van der Waals surface area contributed by atoms with Crippen molar-refractivity contribution in [2.45, 2.75) is 6.42 Å². The number of methoxy groups -OCH3 is 4. The summed E-state index contributed by atoms with van der Waals surface area (Å²) in [5.74, 6) is 15.1.